The van der Waals surface area contributed by atoms with Crippen LogP contribution in [0.3, 0.4) is 0 Å². The molecule has 104 valence electrons. The average Bonchev–Trinajstić information content (AvgIpc) is 2.40. The second kappa shape index (κ2) is 6.50. The number of nitrogens with one attached hydrogen (secondary N) is 1. The van der Waals surface area contributed by atoms with Crippen LogP contribution in [0.1, 0.15) is 19.8 Å². The van der Waals surface area contributed by atoms with Gasteiger partial charge in [0, 0.05) is 32.7 Å². The van der Waals surface area contributed by atoms with Gasteiger partial charge in [0.1, 0.15) is 0 Å². The van der Waals surface area contributed by atoms with Gasteiger partial charge < -0.3 is 15.3 Å². The monoisotopic (exact) mass is 255 g/mol. The quantitative estimate of drug-likeness (QED) is 0.714. The van der Waals surface area contributed by atoms with Crippen LogP contribution in [0, 0.1) is 5.92 Å². The van der Waals surface area contributed by atoms with Gasteiger partial charge in [0.05, 0.1) is 12.6 Å². The van der Waals surface area contributed by atoms with E-state index in [1.54, 1.807) is 0 Å². The lowest BCUT2D eigenvalue weighted by atomic mass is 9.91. The number of carbonyl (C=O) groups is 1. The van der Waals surface area contributed by atoms with Crippen LogP contribution in [0.4, 0.5) is 0 Å². The lowest BCUT2D eigenvalue weighted by Gasteiger charge is -2.38. The van der Waals surface area contributed by atoms with E-state index in [-0.39, 0.29) is 18.6 Å². The van der Waals surface area contributed by atoms with Gasteiger partial charge in [-0.15, -0.1) is 0 Å². The van der Waals surface area contributed by atoms with Crippen LogP contribution in [0.25, 0.3) is 0 Å². The molecule has 0 spiro atoms. The molecule has 2 aliphatic heterocycles. The van der Waals surface area contributed by atoms with Crippen LogP contribution in [0.2, 0.25) is 0 Å². The first-order valence-electron chi connectivity index (χ1n) is 7.07. The Labute approximate surface area is 109 Å². The first-order chi connectivity index (χ1) is 8.72. The Morgan fingerprint density at radius 3 is 2.67 bits per heavy atom. The molecule has 2 N–H and O–H groups in total. The Bertz CT molecular complexity index is 277. The van der Waals surface area contributed by atoms with E-state index in [1.807, 2.05) is 4.90 Å². The lowest BCUT2D eigenvalue weighted by molar-refractivity contribution is -0.137. The number of hydrogen-bond donors (Lipinski definition) is 2. The van der Waals surface area contributed by atoms with Gasteiger partial charge in [-0.25, -0.2) is 0 Å². The highest BCUT2D eigenvalue weighted by molar-refractivity contribution is 5.82. The number of piperazine rings is 1. The first-order valence-corrected chi connectivity index (χ1v) is 7.07. The van der Waals surface area contributed by atoms with Crippen LogP contribution in [-0.2, 0) is 4.79 Å². The maximum absolute atomic E-state index is 12.4. The molecule has 0 aromatic carbocycles. The molecule has 18 heavy (non-hydrogen) atoms. The maximum atomic E-state index is 12.4. The minimum Gasteiger partial charge on any atom is -0.395 e. The van der Waals surface area contributed by atoms with E-state index in [0.29, 0.717) is 5.92 Å². The van der Waals surface area contributed by atoms with Crippen molar-refractivity contribution in [2.45, 2.75) is 25.8 Å². The molecule has 0 aromatic heterocycles. The zero-order chi connectivity index (χ0) is 13.0. The Morgan fingerprint density at radius 1 is 1.33 bits per heavy atom. The number of amides is 1. The molecule has 0 aromatic rings. The van der Waals surface area contributed by atoms with E-state index in [4.69, 9.17) is 5.11 Å². The van der Waals surface area contributed by atoms with E-state index < -0.39 is 0 Å². The predicted octanol–water partition coefficient (Wildman–Crippen LogP) is -0.489. The van der Waals surface area contributed by atoms with Crippen LogP contribution in [-0.4, -0.2) is 72.7 Å². The van der Waals surface area contributed by atoms with Gasteiger partial charge in [-0.05, 0) is 25.3 Å². The standard InChI is InChI=1S/C13H25N3O2/c1-11-3-2-4-14-12(11)13(18)16-7-5-15(6-8-16)9-10-17/h11-12,14,17H,2-10H2,1H3. The van der Waals surface area contributed by atoms with Crippen molar-refractivity contribution in [1.82, 2.24) is 15.1 Å². The van der Waals surface area contributed by atoms with E-state index >= 15 is 0 Å². The molecule has 1 amide bonds. The van der Waals surface area contributed by atoms with Crippen molar-refractivity contribution in [2.24, 2.45) is 5.92 Å². The summed E-state index contributed by atoms with van der Waals surface area (Å²) in [5, 5.41) is 12.3. The topological polar surface area (TPSA) is 55.8 Å². The van der Waals surface area contributed by atoms with Gasteiger partial charge >= 0.3 is 0 Å². The molecule has 2 rings (SSSR count). The summed E-state index contributed by atoms with van der Waals surface area (Å²) in [6.07, 6.45) is 2.32. The van der Waals surface area contributed by atoms with Crippen molar-refractivity contribution in [3.63, 3.8) is 0 Å². The molecule has 2 atom stereocenters. The van der Waals surface area contributed by atoms with E-state index in [1.165, 1.54) is 6.42 Å². The number of aliphatic hydroxyl groups excluding tert-OH is 1. The molecule has 0 saturated carbocycles. The largest absolute Gasteiger partial charge is 0.395 e. The number of rotatable bonds is 3. The molecule has 2 unspecified atom stereocenters. The lowest BCUT2D eigenvalue weighted by Crippen LogP contribution is -2.57. The third kappa shape index (κ3) is 3.22. The van der Waals surface area contributed by atoms with E-state index in [2.05, 4.69) is 17.1 Å². The summed E-state index contributed by atoms with van der Waals surface area (Å²) in [4.78, 5) is 16.6. The number of hydrogen-bond acceptors (Lipinski definition) is 4. The molecule has 0 radical (unpaired) electrons. The van der Waals surface area contributed by atoms with Crippen LogP contribution >= 0.6 is 0 Å². The first kappa shape index (κ1) is 13.8. The number of nitrogens with zero attached hydrogens (tertiary/aromatic N) is 2. The maximum Gasteiger partial charge on any atom is 0.240 e. The summed E-state index contributed by atoms with van der Waals surface area (Å²) < 4.78 is 0. The van der Waals surface area contributed by atoms with Gasteiger partial charge in [-0.3, -0.25) is 9.69 Å². The molecular weight excluding hydrogens is 230 g/mol. The Balaban J connectivity index is 1.83. The third-order valence-corrected chi connectivity index (χ3v) is 4.14. The third-order valence-electron chi connectivity index (χ3n) is 4.14. The van der Waals surface area contributed by atoms with Crippen molar-refractivity contribution < 1.29 is 9.90 Å². The minimum absolute atomic E-state index is 0.0168. The number of carbonyl (C=O) groups excluding carboxylic acids is 1. The Hall–Kier alpha value is -0.650. The molecule has 0 bridgehead atoms. The predicted molar refractivity (Wildman–Crippen MR) is 70.3 cm³/mol. The van der Waals surface area contributed by atoms with E-state index in [9.17, 15) is 4.79 Å². The van der Waals surface area contributed by atoms with Crippen molar-refractivity contribution in [1.29, 1.82) is 0 Å². The van der Waals surface area contributed by atoms with Crippen molar-refractivity contribution >= 4 is 5.91 Å². The smallest absolute Gasteiger partial charge is 0.240 e. The molecule has 0 aliphatic carbocycles. The Morgan fingerprint density at radius 2 is 2.06 bits per heavy atom. The fraction of sp³-hybridized carbons (Fsp3) is 0.923. The normalized spacial score (nSPS) is 30.4. The fourth-order valence-corrected chi connectivity index (χ4v) is 2.91. The number of piperidine rings is 1. The summed E-state index contributed by atoms with van der Waals surface area (Å²) >= 11 is 0. The summed E-state index contributed by atoms with van der Waals surface area (Å²) in [5.41, 5.74) is 0. The highest BCUT2D eigenvalue weighted by Gasteiger charge is 2.32. The van der Waals surface area contributed by atoms with Gasteiger partial charge in [-0.2, -0.15) is 0 Å². The number of β-amino-alcohol motifs (C(OH)–C–C–N with tert-alkyl or cyclic N) is 1. The zero-order valence-electron chi connectivity index (χ0n) is 11.3. The zero-order valence-corrected chi connectivity index (χ0v) is 11.3. The number of aliphatic hydroxyl groups is 1. The molecule has 5 nitrogen and oxygen atoms in total. The Kier molecular flexibility index (Phi) is 4.97. The molecule has 5 heteroatoms. The highest BCUT2D eigenvalue weighted by atomic mass is 16.3. The van der Waals surface area contributed by atoms with Crippen LogP contribution < -0.4 is 5.32 Å². The van der Waals surface area contributed by atoms with Crippen molar-refractivity contribution in [2.75, 3.05) is 45.9 Å². The summed E-state index contributed by atoms with van der Waals surface area (Å²) in [5.74, 6) is 0.715. The minimum atomic E-state index is 0.0168. The van der Waals surface area contributed by atoms with Crippen LogP contribution in [0.15, 0.2) is 0 Å². The molecule has 2 fully saturated rings. The van der Waals surface area contributed by atoms with Gasteiger partial charge in [0.25, 0.3) is 0 Å². The summed E-state index contributed by atoms with van der Waals surface area (Å²) in [6, 6.07) is 0.0168. The van der Waals surface area contributed by atoms with E-state index in [0.717, 1.165) is 45.7 Å². The van der Waals surface area contributed by atoms with Crippen LogP contribution in [0.5, 0.6) is 0 Å². The van der Waals surface area contributed by atoms with Gasteiger partial charge in [0.2, 0.25) is 5.91 Å². The van der Waals surface area contributed by atoms with Gasteiger partial charge in [0.15, 0.2) is 0 Å². The van der Waals surface area contributed by atoms with Crippen molar-refractivity contribution in [3.8, 4) is 0 Å². The molecule has 2 heterocycles. The summed E-state index contributed by atoms with van der Waals surface area (Å²) in [6.45, 7) is 7.41. The van der Waals surface area contributed by atoms with Crippen molar-refractivity contribution in [3.05, 3.63) is 0 Å². The SMILES string of the molecule is CC1CCCNC1C(=O)N1CCN(CCO)CC1. The fourth-order valence-electron chi connectivity index (χ4n) is 2.91. The highest BCUT2D eigenvalue weighted by Crippen LogP contribution is 2.18. The second-order valence-corrected chi connectivity index (χ2v) is 5.44. The van der Waals surface area contributed by atoms with Gasteiger partial charge in [-0.1, -0.05) is 6.92 Å². The second-order valence-electron chi connectivity index (χ2n) is 5.44. The average molecular weight is 255 g/mol. The summed E-state index contributed by atoms with van der Waals surface area (Å²) in [7, 11) is 0. The molecule has 2 aliphatic rings. The molecular formula is C13H25N3O2. The molecule has 2 saturated heterocycles.